The van der Waals surface area contributed by atoms with Crippen LogP contribution in [-0.4, -0.2) is 48.2 Å². The molecule has 10 heteroatoms. The minimum atomic E-state index is -3.75. The maximum atomic E-state index is 14.3. The fourth-order valence-electron chi connectivity index (χ4n) is 3.18. The highest BCUT2D eigenvalue weighted by molar-refractivity contribution is 7.90. The number of imidazole rings is 1. The molecule has 2 heterocycles. The molecule has 30 heavy (non-hydrogen) atoms. The van der Waals surface area contributed by atoms with E-state index in [1.54, 1.807) is 54.3 Å². The highest BCUT2D eigenvalue weighted by Crippen LogP contribution is 2.26. The van der Waals surface area contributed by atoms with Gasteiger partial charge in [0.2, 0.25) is 5.91 Å². The van der Waals surface area contributed by atoms with Crippen molar-refractivity contribution in [1.29, 1.82) is 0 Å². The maximum absolute atomic E-state index is 14.3. The lowest BCUT2D eigenvalue weighted by Crippen LogP contribution is -2.38. The van der Waals surface area contributed by atoms with Gasteiger partial charge in [-0.3, -0.25) is 4.79 Å². The summed E-state index contributed by atoms with van der Waals surface area (Å²) in [6.45, 7) is 0.0352. The van der Waals surface area contributed by atoms with Crippen LogP contribution < -0.4 is 5.32 Å². The summed E-state index contributed by atoms with van der Waals surface area (Å²) in [5.74, 6) is -0.559. The summed E-state index contributed by atoms with van der Waals surface area (Å²) in [7, 11) is -2.16. The molecule has 8 nitrogen and oxygen atoms in total. The zero-order valence-corrected chi connectivity index (χ0v) is 16.8. The molecule has 1 N–H and O–H groups in total. The van der Waals surface area contributed by atoms with Crippen molar-refractivity contribution in [3.05, 3.63) is 78.1 Å². The minimum Gasteiger partial charge on any atom is -0.350 e. The molecule has 0 saturated heterocycles. The Morgan fingerprint density at radius 1 is 1.23 bits per heavy atom. The van der Waals surface area contributed by atoms with Crippen LogP contribution in [0.1, 0.15) is 11.1 Å². The zero-order chi connectivity index (χ0) is 21.3. The Hall–Kier alpha value is -3.53. The average molecular weight is 427 g/mol. The number of amidine groups is 1. The van der Waals surface area contributed by atoms with Crippen molar-refractivity contribution in [2.75, 3.05) is 13.6 Å². The summed E-state index contributed by atoms with van der Waals surface area (Å²) in [6, 6.07) is 11.1. The van der Waals surface area contributed by atoms with Crippen LogP contribution in [0.2, 0.25) is 0 Å². The first kappa shape index (κ1) is 19.8. The number of rotatable bonds is 5. The first-order valence-electron chi connectivity index (χ1n) is 9.04. The minimum absolute atomic E-state index is 0.0989. The van der Waals surface area contributed by atoms with Crippen molar-refractivity contribution in [2.24, 2.45) is 4.40 Å². The van der Waals surface area contributed by atoms with Gasteiger partial charge in [0, 0.05) is 31.5 Å². The molecule has 0 saturated carbocycles. The smallest absolute Gasteiger partial charge is 0.285 e. The van der Waals surface area contributed by atoms with E-state index in [0.717, 1.165) is 0 Å². The SMILES string of the molecule is CN(CC(=O)NCc1ccc(-n2ccnc2)c(F)c1)C1=NS(=O)(=O)c2ccccc21. The van der Waals surface area contributed by atoms with Gasteiger partial charge in [0.25, 0.3) is 10.0 Å². The Morgan fingerprint density at radius 3 is 2.77 bits per heavy atom. The maximum Gasteiger partial charge on any atom is 0.285 e. The lowest BCUT2D eigenvalue weighted by atomic mass is 10.2. The van der Waals surface area contributed by atoms with Crippen LogP contribution in [0.4, 0.5) is 4.39 Å². The van der Waals surface area contributed by atoms with Crippen LogP contribution in [0.3, 0.4) is 0 Å². The van der Waals surface area contributed by atoms with Gasteiger partial charge in [0.15, 0.2) is 5.84 Å². The van der Waals surface area contributed by atoms with Crippen LogP contribution in [0.25, 0.3) is 5.69 Å². The summed E-state index contributed by atoms with van der Waals surface area (Å²) in [5.41, 5.74) is 1.42. The predicted molar refractivity (Wildman–Crippen MR) is 108 cm³/mol. The summed E-state index contributed by atoms with van der Waals surface area (Å²) in [6.07, 6.45) is 4.70. The fraction of sp³-hybridized carbons (Fsp3) is 0.150. The number of nitrogens with zero attached hydrogens (tertiary/aromatic N) is 4. The molecule has 4 rings (SSSR count). The third-order valence-corrected chi connectivity index (χ3v) is 5.96. The van der Waals surface area contributed by atoms with Gasteiger partial charge >= 0.3 is 0 Å². The molecule has 2 aromatic carbocycles. The molecule has 0 bridgehead atoms. The molecule has 0 fully saturated rings. The van der Waals surface area contributed by atoms with E-state index in [-0.39, 0.29) is 29.7 Å². The largest absolute Gasteiger partial charge is 0.350 e. The molecule has 154 valence electrons. The second-order valence-electron chi connectivity index (χ2n) is 6.77. The molecular weight excluding hydrogens is 409 g/mol. The van der Waals surface area contributed by atoms with Crippen LogP contribution in [0.5, 0.6) is 0 Å². The van der Waals surface area contributed by atoms with Crippen LogP contribution in [-0.2, 0) is 21.4 Å². The zero-order valence-electron chi connectivity index (χ0n) is 16.0. The van der Waals surface area contributed by atoms with E-state index in [2.05, 4.69) is 14.7 Å². The van der Waals surface area contributed by atoms with Gasteiger partial charge in [-0.15, -0.1) is 4.40 Å². The number of nitrogens with one attached hydrogen (secondary N) is 1. The second kappa shape index (κ2) is 7.71. The Bertz CT molecular complexity index is 1240. The van der Waals surface area contributed by atoms with Crippen LogP contribution in [0, 0.1) is 5.82 Å². The quantitative estimate of drug-likeness (QED) is 0.669. The van der Waals surface area contributed by atoms with Gasteiger partial charge in [0.05, 0.1) is 18.6 Å². The monoisotopic (exact) mass is 427 g/mol. The molecule has 0 atom stereocenters. The average Bonchev–Trinajstić information content (AvgIpc) is 3.33. The summed E-state index contributed by atoms with van der Waals surface area (Å²) >= 11 is 0. The van der Waals surface area contributed by atoms with E-state index in [1.165, 1.54) is 23.4 Å². The third-order valence-electron chi connectivity index (χ3n) is 4.64. The molecule has 1 aromatic heterocycles. The number of likely N-dealkylation sites (N-methyl/N-ethyl adjacent to an activating group) is 1. The van der Waals surface area contributed by atoms with E-state index < -0.39 is 15.8 Å². The number of amides is 1. The Kier molecular flexibility index (Phi) is 5.08. The van der Waals surface area contributed by atoms with Crippen molar-refractivity contribution in [3.63, 3.8) is 0 Å². The van der Waals surface area contributed by atoms with Crippen molar-refractivity contribution in [3.8, 4) is 5.69 Å². The van der Waals surface area contributed by atoms with E-state index in [4.69, 9.17) is 0 Å². The lowest BCUT2D eigenvalue weighted by molar-refractivity contribution is -0.121. The molecule has 1 aliphatic heterocycles. The van der Waals surface area contributed by atoms with E-state index in [9.17, 15) is 17.6 Å². The van der Waals surface area contributed by atoms with Crippen molar-refractivity contribution in [2.45, 2.75) is 11.4 Å². The van der Waals surface area contributed by atoms with Crippen LogP contribution in [0.15, 0.2) is 70.5 Å². The summed E-state index contributed by atoms with van der Waals surface area (Å²) < 4.78 is 44.0. The van der Waals surface area contributed by atoms with Gasteiger partial charge in [0.1, 0.15) is 10.7 Å². The topological polar surface area (TPSA) is 96.7 Å². The molecule has 0 radical (unpaired) electrons. The van der Waals surface area contributed by atoms with Gasteiger partial charge < -0.3 is 14.8 Å². The number of fused-ring (bicyclic) bond motifs is 1. The number of hydrogen-bond donors (Lipinski definition) is 1. The summed E-state index contributed by atoms with van der Waals surface area (Å²) in [5, 5.41) is 2.71. The number of halogens is 1. The number of hydrogen-bond acceptors (Lipinski definition) is 5. The van der Waals surface area contributed by atoms with E-state index >= 15 is 0 Å². The highest BCUT2D eigenvalue weighted by Gasteiger charge is 2.30. The Morgan fingerprint density at radius 2 is 2.03 bits per heavy atom. The first-order valence-corrected chi connectivity index (χ1v) is 10.5. The highest BCUT2D eigenvalue weighted by atomic mass is 32.2. The van der Waals surface area contributed by atoms with Crippen LogP contribution >= 0.6 is 0 Å². The first-order chi connectivity index (χ1) is 14.3. The normalized spacial score (nSPS) is 14.1. The third kappa shape index (κ3) is 3.81. The number of aromatic nitrogens is 2. The molecular formula is C20H18FN5O3S. The van der Waals surface area contributed by atoms with Gasteiger partial charge in [-0.05, 0) is 29.8 Å². The molecule has 0 spiro atoms. The van der Waals surface area contributed by atoms with Gasteiger partial charge in [-0.25, -0.2) is 9.37 Å². The number of carbonyl (C=O) groups is 1. The van der Waals surface area contributed by atoms with Crippen molar-refractivity contribution < 1.29 is 17.6 Å². The molecule has 0 unspecified atom stereocenters. The molecule has 1 aliphatic rings. The van der Waals surface area contributed by atoms with Gasteiger partial charge in [-0.1, -0.05) is 18.2 Å². The van der Waals surface area contributed by atoms with Crippen molar-refractivity contribution >= 4 is 21.8 Å². The lowest BCUT2D eigenvalue weighted by Gasteiger charge is -2.18. The predicted octanol–water partition coefficient (Wildman–Crippen LogP) is 1.71. The van der Waals surface area contributed by atoms with E-state index in [1.807, 2.05) is 0 Å². The fourth-order valence-corrected chi connectivity index (χ4v) is 4.43. The Balaban J connectivity index is 1.39. The molecule has 1 amide bonds. The number of sulfonamides is 1. The number of carbonyl (C=O) groups excluding carboxylic acids is 1. The van der Waals surface area contributed by atoms with Gasteiger partial charge in [-0.2, -0.15) is 8.42 Å². The standard InChI is InChI=1S/C20H18FN5O3S/c1-25(20-15-4-2-3-5-18(15)30(28,29)24-20)12-19(27)23-11-14-6-7-17(16(21)10-14)26-9-8-22-13-26/h2-10,13H,11-12H2,1H3,(H,23,27). The molecule has 0 aliphatic carbocycles. The van der Waals surface area contributed by atoms with Crippen molar-refractivity contribution in [1.82, 2.24) is 19.8 Å². The second-order valence-corrected chi connectivity index (χ2v) is 8.35. The Labute approximate surface area is 172 Å². The number of benzene rings is 2. The summed E-state index contributed by atoms with van der Waals surface area (Å²) in [4.78, 5) is 17.8. The van der Waals surface area contributed by atoms with E-state index in [0.29, 0.717) is 16.8 Å². The molecule has 3 aromatic rings.